The van der Waals surface area contributed by atoms with Gasteiger partial charge in [-0.3, -0.25) is 4.79 Å². The highest BCUT2D eigenvalue weighted by Crippen LogP contribution is 2.24. The SMILES string of the molecule is CC(C)NC1(C(N)=O)CCNCC1C. The molecule has 1 fully saturated rings. The highest BCUT2D eigenvalue weighted by molar-refractivity contribution is 5.85. The fourth-order valence-electron chi connectivity index (χ4n) is 2.19. The number of hydrogen-bond donors (Lipinski definition) is 3. The molecule has 0 radical (unpaired) electrons. The van der Waals surface area contributed by atoms with Crippen molar-refractivity contribution in [1.29, 1.82) is 0 Å². The lowest BCUT2D eigenvalue weighted by Gasteiger charge is -2.42. The second-order valence-electron chi connectivity index (χ2n) is 4.49. The molecule has 0 aliphatic carbocycles. The van der Waals surface area contributed by atoms with Crippen LogP contribution in [0.2, 0.25) is 0 Å². The number of carbonyl (C=O) groups excluding carboxylic acids is 1. The van der Waals surface area contributed by atoms with E-state index in [9.17, 15) is 4.79 Å². The summed E-state index contributed by atoms with van der Waals surface area (Å²) >= 11 is 0. The quantitative estimate of drug-likeness (QED) is 0.591. The lowest BCUT2D eigenvalue weighted by Crippen LogP contribution is -2.66. The van der Waals surface area contributed by atoms with Gasteiger partial charge in [0, 0.05) is 6.04 Å². The van der Waals surface area contributed by atoms with E-state index in [4.69, 9.17) is 5.73 Å². The molecule has 0 saturated carbocycles. The van der Waals surface area contributed by atoms with Crippen molar-refractivity contribution in [3.05, 3.63) is 0 Å². The van der Waals surface area contributed by atoms with Crippen LogP contribution in [0.4, 0.5) is 0 Å². The first-order valence-corrected chi connectivity index (χ1v) is 5.27. The number of piperidine rings is 1. The molecule has 14 heavy (non-hydrogen) atoms. The molecule has 0 aromatic rings. The molecule has 1 aliphatic rings. The van der Waals surface area contributed by atoms with E-state index in [1.54, 1.807) is 0 Å². The van der Waals surface area contributed by atoms with Crippen LogP contribution in [0.5, 0.6) is 0 Å². The monoisotopic (exact) mass is 199 g/mol. The van der Waals surface area contributed by atoms with Gasteiger partial charge in [0.2, 0.25) is 5.91 Å². The third-order valence-corrected chi connectivity index (χ3v) is 2.97. The molecule has 1 saturated heterocycles. The lowest BCUT2D eigenvalue weighted by atomic mass is 9.78. The van der Waals surface area contributed by atoms with Crippen molar-refractivity contribution in [3.63, 3.8) is 0 Å². The zero-order chi connectivity index (χ0) is 10.8. The number of primary amides is 1. The Balaban J connectivity index is 2.83. The Labute approximate surface area is 85.6 Å². The van der Waals surface area contributed by atoms with Crippen molar-refractivity contribution < 1.29 is 4.79 Å². The molecule has 1 amide bonds. The Morgan fingerprint density at radius 1 is 1.64 bits per heavy atom. The van der Waals surface area contributed by atoms with Gasteiger partial charge in [0.25, 0.3) is 0 Å². The van der Waals surface area contributed by atoms with Gasteiger partial charge in [-0.2, -0.15) is 0 Å². The molecule has 1 aliphatic heterocycles. The summed E-state index contributed by atoms with van der Waals surface area (Å²) in [5.41, 5.74) is 5.00. The minimum atomic E-state index is -0.514. The Morgan fingerprint density at radius 2 is 2.29 bits per heavy atom. The number of hydrogen-bond acceptors (Lipinski definition) is 3. The topological polar surface area (TPSA) is 67.1 Å². The zero-order valence-corrected chi connectivity index (χ0v) is 9.26. The van der Waals surface area contributed by atoms with Gasteiger partial charge in [-0.15, -0.1) is 0 Å². The molecule has 82 valence electrons. The first kappa shape index (κ1) is 11.5. The van der Waals surface area contributed by atoms with Gasteiger partial charge < -0.3 is 16.4 Å². The van der Waals surface area contributed by atoms with Crippen molar-refractivity contribution in [2.45, 2.75) is 38.8 Å². The van der Waals surface area contributed by atoms with Gasteiger partial charge in [-0.05, 0) is 39.3 Å². The summed E-state index contributed by atoms with van der Waals surface area (Å²) in [5, 5.41) is 6.60. The standard InChI is InChI=1S/C10H21N3O/c1-7(2)13-10(9(11)14)4-5-12-6-8(10)3/h7-8,12-13H,4-6H2,1-3H3,(H2,11,14). The smallest absolute Gasteiger partial charge is 0.238 e. The third-order valence-electron chi connectivity index (χ3n) is 2.97. The van der Waals surface area contributed by atoms with E-state index < -0.39 is 5.54 Å². The van der Waals surface area contributed by atoms with E-state index in [1.165, 1.54) is 0 Å². The molecule has 0 aromatic heterocycles. The van der Waals surface area contributed by atoms with Gasteiger partial charge >= 0.3 is 0 Å². The number of amides is 1. The van der Waals surface area contributed by atoms with Crippen LogP contribution in [0.25, 0.3) is 0 Å². The maximum Gasteiger partial charge on any atom is 0.238 e. The molecule has 0 bridgehead atoms. The van der Waals surface area contributed by atoms with Gasteiger partial charge in [-0.25, -0.2) is 0 Å². The van der Waals surface area contributed by atoms with Crippen LogP contribution in [0.15, 0.2) is 0 Å². The summed E-state index contributed by atoms with van der Waals surface area (Å²) in [4.78, 5) is 11.6. The van der Waals surface area contributed by atoms with E-state index in [0.717, 1.165) is 19.5 Å². The first-order valence-electron chi connectivity index (χ1n) is 5.27. The number of carbonyl (C=O) groups is 1. The molecular weight excluding hydrogens is 178 g/mol. The fraction of sp³-hybridized carbons (Fsp3) is 0.900. The minimum Gasteiger partial charge on any atom is -0.368 e. The molecule has 4 heteroatoms. The fourth-order valence-corrected chi connectivity index (χ4v) is 2.19. The maximum atomic E-state index is 11.6. The van der Waals surface area contributed by atoms with Crippen molar-refractivity contribution in [2.24, 2.45) is 11.7 Å². The largest absolute Gasteiger partial charge is 0.368 e. The highest BCUT2D eigenvalue weighted by atomic mass is 16.1. The van der Waals surface area contributed by atoms with Crippen LogP contribution in [0.1, 0.15) is 27.2 Å². The first-order chi connectivity index (χ1) is 6.49. The molecule has 0 aromatic carbocycles. The summed E-state index contributed by atoms with van der Waals surface area (Å²) in [6.45, 7) is 7.85. The molecule has 4 N–H and O–H groups in total. The van der Waals surface area contributed by atoms with Crippen molar-refractivity contribution in [1.82, 2.24) is 10.6 Å². The van der Waals surface area contributed by atoms with Gasteiger partial charge in [0.05, 0.1) is 0 Å². The van der Waals surface area contributed by atoms with Crippen LogP contribution >= 0.6 is 0 Å². The van der Waals surface area contributed by atoms with E-state index >= 15 is 0 Å². The van der Waals surface area contributed by atoms with E-state index in [2.05, 4.69) is 17.6 Å². The summed E-state index contributed by atoms with van der Waals surface area (Å²) < 4.78 is 0. The molecular formula is C10H21N3O. The number of rotatable bonds is 3. The maximum absolute atomic E-state index is 11.6. The molecule has 2 atom stereocenters. The number of nitrogens with one attached hydrogen (secondary N) is 2. The van der Waals surface area contributed by atoms with Gasteiger partial charge in [0.1, 0.15) is 5.54 Å². The second-order valence-corrected chi connectivity index (χ2v) is 4.49. The predicted octanol–water partition coefficient (Wildman–Crippen LogP) is -0.162. The normalized spacial score (nSPS) is 33.3. The van der Waals surface area contributed by atoms with E-state index in [-0.39, 0.29) is 17.9 Å². The Bertz CT molecular complexity index is 217. The van der Waals surface area contributed by atoms with Crippen LogP contribution in [-0.4, -0.2) is 30.6 Å². The average molecular weight is 199 g/mol. The third kappa shape index (κ3) is 2.07. The summed E-state index contributed by atoms with van der Waals surface area (Å²) in [5.74, 6) is 0.0244. The van der Waals surface area contributed by atoms with Crippen LogP contribution in [0.3, 0.4) is 0 Å². The van der Waals surface area contributed by atoms with Crippen molar-refractivity contribution in [2.75, 3.05) is 13.1 Å². The molecule has 0 spiro atoms. The van der Waals surface area contributed by atoms with Crippen LogP contribution in [0, 0.1) is 5.92 Å². The summed E-state index contributed by atoms with van der Waals surface area (Å²) in [6.07, 6.45) is 0.779. The molecule has 1 rings (SSSR count). The highest BCUT2D eigenvalue weighted by Gasteiger charge is 2.43. The van der Waals surface area contributed by atoms with Gasteiger partial charge in [-0.1, -0.05) is 6.92 Å². The van der Waals surface area contributed by atoms with E-state index in [0.29, 0.717) is 0 Å². The Kier molecular flexibility index (Phi) is 3.50. The predicted molar refractivity (Wildman–Crippen MR) is 56.8 cm³/mol. The molecule has 4 nitrogen and oxygen atoms in total. The average Bonchev–Trinajstić information content (AvgIpc) is 2.08. The zero-order valence-electron chi connectivity index (χ0n) is 9.26. The molecule has 2 unspecified atom stereocenters. The molecule has 1 heterocycles. The Morgan fingerprint density at radius 3 is 2.71 bits per heavy atom. The van der Waals surface area contributed by atoms with E-state index in [1.807, 2.05) is 13.8 Å². The summed E-state index contributed by atoms with van der Waals surface area (Å²) in [7, 11) is 0. The lowest BCUT2D eigenvalue weighted by molar-refractivity contribution is -0.127. The second kappa shape index (κ2) is 4.28. The number of nitrogens with two attached hydrogens (primary N) is 1. The van der Waals surface area contributed by atoms with Crippen molar-refractivity contribution in [3.8, 4) is 0 Å². The minimum absolute atomic E-state index is 0.222. The van der Waals surface area contributed by atoms with Crippen LogP contribution in [-0.2, 0) is 4.79 Å². The van der Waals surface area contributed by atoms with Gasteiger partial charge in [0.15, 0.2) is 0 Å². The van der Waals surface area contributed by atoms with Crippen molar-refractivity contribution >= 4 is 5.91 Å². The van der Waals surface area contributed by atoms with Crippen LogP contribution < -0.4 is 16.4 Å². The Hall–Kier alpha value is -0.610. The summed E-state index contributed by atoms with van der Waals surface area (Å²) in [6, 6.07) is 0.281.